The number of piperidine rings is 1. The van der Waals surface area contributed by atoms with Gasteiger partial charge in [-0.3, -0.25) is 9.48 Å². The molecule has 1 N–H and O–H groups in total. The zero-order valence-electron chi connectivity index (χ0n) is 15.0. The molecule has 3 heterocycles. The number of pyridine rings is 1. The highest BCUT2D eigenvalue weighted by atomic mass is 16.3. The first-order valence-electron chi connectivity index (χ1n) is 8.52. The summed E-state index contributed by atoms with van der Waals surface area (Å²) in [4.78, 5) is 20.7. The second-order valence-electron chi connectivity index (χ2n) is 6.90. The molecule has 25 heavy (non-hydrogen) atoms. The molecule has 1 saturated heterocycles. The van der Waals surface area contributed by atoms with Gasteiger partial charge >= 0.3 is 0 Å². The maximum atomic E-state index is 12.7. The van der Waals surface area contributed by atoms with Crippen LogP contribution in [0.4, 0.5) is 5.82 Å². The number of β-amino-alcohol motifs (C(OH)–C–C–N with tert-alkyl or cyclic N) is 1. The van der Waals surface area contributed by atoms with Crippen LogP contribution in [-0.4, -0.2) is 63.0 Å². The summed E-state index contributed by atoms with van der Waals surface area (Å²) in [7, 11) is 3.52. The first-order valence-corrected chi connectivity index (χ1v) is 8.52. The van der Waals surface area contributed by atoms with Gasteiger partial charge in [-0.1, -0.05) is 6.07 Å². The summed E-state index contributed by atoms with van der Waals surface area (Å²) < 4.78 is 1.63. The van der Waals surface area contributed by atoms with E-state index in [2.05, 4.69) is 15.0 Å². The first kappa shape index (κ1) is 17.4. The van der Waals surface area contributed by atoms with Crippen LogP contribution >= 0.6 is 0 Å². The smallest absolute Gasteiger partial charge is 0.257 e. The summed E-state index contributed by atoms with van der Waals surface area (Å²) in [6, 6.07) is 5.76. The van der Waals surface area contributed by atoms with Crippen molar-refractivity contribution in [2.24, 2.45) is 7.05 Å². The fraction of sp³-hybridized carbons (Fsp3) is 0.500. The average Bonchev–Trinajstić information content (AvgIpc) is 2.93. The maximum Gasteiger partial charge on any atom is 0.257 e. The zero-order valence-corrected chi connectivity index (χ0v) is 15.0. The van der Waals surface area contributed by atoms with Crippen LogP contribution in [-0.2, 0) is 7.05 Å². The van der Waals surface area contributed by atoms with Crippen LogP contribution in [0.5, 0.6) is 0 Å². The summed E-state index contributed by atoms with van der Waals surface area (Å²) >= 11 is 0. The van der Waals surface area contributed by atoms with E-state index in [1.54, 1.807) is 36.1 Å². The highest BCUT2D eigenvalue weighted by Crippen LogP contribution is 2.26. The fourth-order valence-electron chi connectivity index (χ4n) is 3.51. The van der Waals surface area contributed by atoms with E-state index in [4.69, 9.17) is 0 Å². The highest BCUT2D eigenvalue weighted by Gasteiger charge is 2.36. The first-order chi connectivity index (χ1) is 11.9. The molecule has 1 fully saturated rings. The molecular weight excluding hydrogens is 318 g/mol. The van der Waals surface area contributed by atoms with E-state index in [0.717, 1.165) is 18.8 Å². The van der Waals surface area contributed by atoms with Crippen LogP contribution in [0.2, 0.25) is 0 Å². The number of hydrogen-bond donors (Lipinski definition) is 1. The van der Waals surface area contributed by atoms with Crippen molar-refractivity contribution in [2.45, 2.75) is 25.4 Å². The second kappa shape index (κ2) is 6.84. The Morgan fingerprint density at radius 2 is 2.24 bits per heavy atom. The topological polar surface area (TPSA) is 74.5 Å². The fourth-order valence-corrected chi connectivity index (χ4v) is 3.51. The molecule has 134 valence electrons. The Balaban J connectivity index is 1.70. The number of nitrogens with zero attached hydrogens (tertiary/aromatic N) is 5. The molecule has 7 nitrogen and oxygen atoms in total. The molecule has 2 aromatic heterocycles. The summed E-state index contributed by atoms with van der Waals surface area (Å²) in [5.74, 6) is 0.742. The molecule has 1 atom stereocenters. The van der Waals surface area contributed by atoms with Gasteiger partial charge < -0.3 is 14.9 Å². The van der Waals surface area contributed by atoms with Crippen LogP contribution in [0.25, 0.3) is 0 Å². The molecule has 0 aliphatic carbocycles. The van der Waals surface area contributed by atoms with Gasteiger partial charge in [0.25, 0.3) is 5.91 Å². The Morgan fingerprint density at radius 3 is 2.88 bits per heavy atom. The van der Waals surface area contributed by atoms with Crippen LogP contribution < -0.4 is 4.90 Å². The molecule has 0 radical (unpaired) electrons. The Hall–Kier alpha value is -2.41. The quantitative estimate of drug-likeness (QED) is 0.904. The molecule has 0 bridgehead atoms. The predicted molar refractivity (Wildman–Crippen MR) is 95.5 cm³/mol. The van der Waals surface area contributed by atoms with Crippen LogP contribution in [0, 0.1) is 6.92 Å². The molecule has 1 amide bonds. The van der Waals surface area contributed by atoms with E-state index in [1.807, 2.05) is 25.1 Å². The SMILES string of the molecule is Cc1nn(C)cc1C(=O)N(C)CC1(O)CCCN(c2ccccn2)C1. The number of hydrogen-bond acceptors (Lipinski definition) is 5. The van der Waals surface area contributed by atoms with E-state index in [0.29, 0.717) is 24.2 Å². The third kappa shape index (κ3) is 3.82. The summed E-state index contributed by atoms with van der Waals surface area (Å²) in [6.07, 6.45) is 5.00. The summed E-state index contributed by atoms with van der Waals surface area (Å²) in [6.45, 7) is 3.43. The third-order valence-electron chi connectivity index (χ3n) is 4.65. The molecule has 0 saturated carbocycles. The van der Waals surface area contributed by atoms with Crippen molar-refractivity contribution in [1.82, 2.24) is 19.7 Å². The minimum absolute atomic E-state index is 0.117. The number of likely N-dealkylation sites (N-methyl/N-ethyl adjacent to an activating group) is 1. The number of amides is 1. The normalized spacial score (nSPS) is 20.6. The van der Waals surface area contributed by atoms with Crippen LogP contribution in [0.3, 0.4) is 0 Å². The highest BCUT2D eigenvalue weighted by molar-refractivity contribution is 5.94. The molecule has 7 heteroatoms. The van der Waals surface area contributed by atoms with Gasteiger partial charge in [-0.25, -0.2) is 4.98 Å². The molecule has 3 rings (SSSR count). The molecule has 0 spiro atoms. The standard InChI is InChI=1S/C18H25N5O2/c1-14-15(11-22(3)20-14)17(24)21(2)12-18(25)8-6-10-23(13-18)16-7-4-5-9-19-16/h4-5,7,9,11,25H,6,8,10,12-13H2,1-3H3. The van der Waals surface area contributed by atoms with E-state index >= 15 is 0 Å². The molecule has 2 aromatic rings. The Kier molecular flexibility index (Phi) is 4.76. The predicted octanol–water partition coefficient (Wildman–Crippen LogP) is 1.23. The Labute approximate surface area is 147 Å². The lowest BCUT2D eigenvalue weighted by molar-refractivity contribution is -0.000156. The molecule has 1 unspecified atom stereocenters. The Morgan fingerprint density at radius 1 is 1.44 bits per heavy atom. The van der Waals surface area contributed by atoms with Crippen molar-refractivity contribution in [1.29, 1.82) is 0 Å². The second-order valence-corrected chi connectivity index (χ2v) is 6.90. The number of carbonyl (C=O) groups is 1. The van der Waals surface area contributed by atoms with Gasteiger partial charge in [-0.15, -0.1) is 0 Å². The van der Waals surface area contributed by atoms with Crippen LogP contribution in [0.15, 0.2) is 30.6 Å². The van der Waals surface area contributed by atoms with Gasteiger partial charge in [0.05, 0.1) is 23.4 Å². The number of anilines is 1. The number of aryl methyl sites for hydroxylation is 2. The summed E-state index contributed by atoms with van der Waals surface area (Å²) in [5.41, 5.74) is 0.326. The van der Waals surface area contributed by atoms with Gasteiger partial charge in [0.2, 0.25) is 0 Å². The largest absolute Gasteiger partial charge is 0.386 e. The molecule has 0 aromatic carbocycles. The molecule has 1 aliphatic rings. The van der Waals surface area contributed by atoms with Crippen molar-refractivity contribution in [2.75, 3.05) is 31.6 Å². The van der Waals surface area contributed by atoms with E-state index in [1.165, 1.54) is 0 Å². The van der Waals surface area contributed by atoms with Crippen molar-refractivity contribution in [3.8, 4) is 0 Å². The van der Waals surface area contributed by atoms with Crippen LogP contribution in [0.1, 0.15) is 28.9 Å². The van der Waals surface area contributed by atoms with Gasteiger partial charge in [-0.2, -0.15) is 5.10 Å². The van der Waals surface area contributed by atoms with Crippen molar-refractivity contribution in [3.05, 3.63) is 41.9 Å². The van der Waals surface area contributed by atoms with Crippen molar-refractivity contribution >= 4 is 11.7 Å². The molecule has 1 aliphatic heterocycles. The zero-order chi connectivity index (χ0) is 18.0. The molecular formula is C18H25N5O2. The minimum Gasteiger partial charge on any atom is -0.386 e. The number of aromatic nitrogens is 3. The maximum absolute atomic E-state index is 12.7. The van der Waals surface area contributed by atoms with Gasteiger partial charge in [0, 0.05) is 39.6 Å². The van der Waals surface area contributed by atoms with Gasteiger partial charge in [0.15, 0.2) is 0 Å². The number of aliphatic hydroxyl groups is 1. The van der Waals surface area contributed by atoms with E-state index in [-0.39, 0.29) is 12.5 Å². The number of carbonyl (C=O) groups excluding carboxylic acids is 1. The lowest BCUT2D eigenvalue weighted by atomic mass is 9.92. The van der Waals surface area contributed by atoms with E-state index < -0.39 is 5.60 Å². The lowest BCUT2D eigenvalue weighted by Gasteiger charge is -2.41. The van der Waals surface area contributed by atoms with Gasteiger partial charge in [0.1, 0.15) is 5.82 Å². The van der Waals surface area contributed by atoms with Gasteiger partial charge in [-0.05, 0) is 31.9 Å². The average molecular weight is 343 g/mol. The van der Waals surface area contributed by atoms with Crippen molar-refractivity contribution < 1.29 is 9.90 Å². The van der Waals surface area contributed by atoms with Crippen molar-refractivity contribution in [3.63, 3.8) is 0 Å². The monoisotopic (exact) mass is 343 g/mol. The number of rotatable bonds is 4. The summed E-state index contributed by atoms with van der Waals surface area (Å²) in [5, 5.41) is 15.3. The van der Waals surface area contributed by atoms with E-state index in [9.17, 15) is 9.90 Å². The minimum atomic E-state index is -0.948. The Bertz CT molecular complexity index is 745. The lowest BCUT2D eigenvalue weighted by Crippen LogP contribution is -2.54. The third-order valence-corrected chi connectivity index (χ3v) is 4.65.